The highest BCUT2D eigenvalue weighted by Crippen LogP contribution is 2.32. The third kappa shape index (κ3) is 3.18. The van der Waals surface area contributed by atoms with E-state index in [9.17, 15) is 5.26 Å². The van der Waals surface area contributed by atoms with E-state index in [1.165, 1.54) is 26.0 Å². The first kappa shape index (κ1) is 14.6. The normalized spacial score (nSPS) is 9.90. The van der Waals surface area contributed by atoms with Crippen molar-refractivity contribution in [2.75, 3.05) is 14.2 Å². The third-order valence-corrected chi connectivity index (χ3v) is 3.81. The Kier molecular flexibility index (Phi) is 4.76. The maximum absolute atomic E-state index is 9.18. The van der Waals surface area contributed by atoms with E-state index >= 15 is 0 Å². The van der Waals surface area contributed by atoms with E-state index in [1.54, 1.807) is 6.07 Å². The average Bonchev–Trinajstić information content (AvgIpc) is 2.47. The first-order valence-electron chi connectivity index (χ1n) is 5.38. The summed E-state index contributed by atoms with van der Waals surface area (Å²) >= 11 is 4.58. The van der Waals surface area contributed by atoms with Gasteiger partial charge in [0.05, 0.1) is 19.8 Å². The number of hydrogen-bond acceptors (Lipinski definition) is 7. The van der Waals surface area contributed by atoms with Crippen LogP contribution in [0.15, 0.2) is 32.7 Å². The van der Waals surface area contributed by atoms with Gasteiger partial charge in [-0.1, -0.05) is 6.07 Å². The Morgan fingerprint density at radius 2 is 1.80 bits per heavy atom. The Hall–Kier alpha value is -1.85. The van der Waals surface area contributed by atoms with Crippen molar-refractivity contribution in [1.82, 2.24) is 15.0 Å². The Morgan fingerprint density at radius 3 is 2.35 bits per heavy atom. The van der Waals surface area contributed by atoms with Gasteiger partial charge < -0.3 is 9.47 Å². The summed E-state index contributed by atoms with van der Waals surface area (Å²) in [5.41, 5.74) is 0.524. The number of nitrogens with zero attached hydrogens (tertiary/aromatic N) is 4. The lowest BCUT2D eigenvalue weighted by atomic mass is 10.2. The second kappa shape index (κ2) is 6.54. The van der Waals surface area contributed by atoms with Crippen LogP contribution in [0.4, 0.5) is 0 Å². The van der Waals surface area contributed by atoms with Gasteiger partial charge in [0, 0.05) is 9.37 Å². The molecule has 1 aromatic carbocycles. The summed E-state index contributed by atoms with van der Waals surface area (Å²) in [5, 5.41) is 9.57. The minimum Gasteiger partial charge on any atom is -0.467 e. The molecule has 1 heterocycles. The van der Waals surface area contributed by atoms with Crippen LogP contribution in [0.1, 0.15) is 5.56 Å². The molecular weight excluding hydrogens is 344 g/mol. The molecular formula is C12H9BrN4O2S. The quantitative estimate of drug-likeness (QED) is 0.836. The number of methoxy groups -OCH3 is 2. The minimum atomic E-state index is 0.160. The van der Waals surface area contributed by atoms with E-state index in [0.29, 0.717) is 10.7 Å². The second-order valence-corrected chi connectivity index (χ2v) is 5.28. The minimum absolute atomic E-state index is 0.160. The molecule has 0 bridgehead atoms. The van der Waals surface area contributed by atoms with Crippen molar-refractivity contribution in [3.8, 4) is 18.1 Å². The van der Waals surface area contributed by atoms with Gasteiger partial charge in [0.15, 0.2) is 0 Å². The van der Waals surface area contributed by atoms with Crippen molar-refractivity contribution in [3.05, 3.63) is 28.2 Å². The number of ether oxygens (including phenoxy) is 2. The molecule has 0 radical (unpaired) electrons. The Morgan fingerprint density at radius 1 is 1.15 bits per heavy atom. The van der Waals surface area contributed by atoms with Crippen LogP contribution in [0.2, 0.25) is 0 Å². The molecule has 2 rings (SSSR count). The zero-order chi connectivity index (χ0) is 14.5. The van der Waals surface area contributed by atoms with Gasteiger partial charge in [0.1, 0.15) is 6.07 Å². The van der Waals surface area contributed by atoms with Crippen molar-refractivity contribution in [2.24, 2.45) is 0 Å². The lowest BCUT2D eigenvalue weighted by Gasteiger charge is -2.06. The Labute approximate surface area is 128 Å². The van der Waals surface area contributed by atoms with Gasteiger partial charge in [-0.05, 0) is 39.8 Å². The van der Waals surface area contributed by atoms with Crippen LogP contribution in [-0.2, 0) is 0 Å². The summed E-state index contributed by atoms with van der Waals surface area (Å²) in [5.74, 6) is 0. The number of halogens is 1. The molecule has 102 valence electrons. The van der Waals surface area contributed by atoms with Gasteiger partial charge in [-0.3, -0.25) is 0 Å². The van der Waals surface area contributed by atoms with Gasteiger partial charge in [0.2, 0.25) is 5.16 Å². The molecule has 0 aliphatic heterocycles. The number of benzene rings is 1. The predicted molar refractivity (Wildman–Crippen MR) is 75.9 cm³/mol. The molecule has 0 unspecified atom stereocenters. The zero-order valence-corrected chi connectivity index (χ0v) is 13.0. The predicted octanol–water partition coefficient (Wildman–Crippen LogP) is 2.67. The highest BCUT2D eigenvalue weighted by molar-refractivity contribution is 9.10. The molecule has 0 saturated carbocycles. The van der Waals surface area contributed by atoms with Gasteiger partial charge in [-0.2, -0.15) is 15.2 Å². The highest BCUT2D eigenvalue weighted by Gasteiger charge is 2.12. The van der Waals surface area contributed by atoms with Crippen LogP contribution < -0.4 is 9.47 Å². The van der Waals surface area contributed by atoms with Crippen LogP contribution in [0.3, 0.4) is 0 Å². The summed E-state index contributed by atoms with van der Waals surface area (Å²) < 4.78 is 10.7. The number of rotatable bonds is 4. The van der Waals surface area contributed by atoms with Gasteiger partial charge in [-0.25, -0.2) is 0 Å². The van der Waals surface area contributed by atoms with Crippen molar-refractivity contribution in [2.45, 2.75) is 10.1 Å². The monoisotopic (exact) mass is 352 g/mol. The van der Waals surface area contributed by atoms with Crippen molar-refractivity contribution < 1.29 is 9.47 Å². The molecule has 20 heavy (non-hydrogen) atoms. The molecule has 0 aliphatic carbocycles. The molecule has 0 atom stereocenters. The summed E-state index contributed by atoms with van der Waals surface area (Å²) in [7, 11) is 2.92. The van der Waals surface area contributed by atoms with E-state index < -0.39 is 0 Å². The Balaban J connectivity index is 2.40. The number of aromatic nitrogens is 3. The number of hydrogen-bond donors (Lipinski definition) is 0. The SMILES string of the molecule is COc1nc(OC)nc(Sc2cccc(Br)c2C#N)n1. The van der Waals surface area contributed by atoms with E-state index in [-0.39, 0.29) is 12.0 Å². The van der Waals surface area contributed by atoms with E-state index in [4.69, 9.17) is 9.47 Å². The van der Waals surface area contributed by atoms with Crippen LogP contribution in [0.5, 0.6) is 12.0 Å². The van der Waals surface area contributed by atoms with Gasteiger partial charge in [0.25, 0.3) is 0 Å². The lowest BCUT2D eigenvalue weighted by molar-refractivity contribution is 0.332. The van der Waals surface area contributed by atoms with Gasteiger partial charge >= 0.3 is 12.0 Å². The van der Waals surface area contributed by atoms with Crippen molar-refractivity contribution in [3.63, 3.8) is 0 Å². The fourth-order valence-corrected chi connectivity index (χ4v) is 2.78. The Bertz CT molecular complexity index is 653. The van der Waals surface area contributed by atoms with Crippen molar-refractivity contribution >= 4 is 27.7 Å². The van der Waals surface area contributed by atoms with E-state index in [0.717, 1.165) is 9.37 Å². The van der Waals surface area contributed by atoms with Crippen LogP contribution in [-0.4, -0.2) is 29.2 Å². The summed E-state index contributed by atoms with van der Waals surface area (Å²) in [6.07, 6.45) is 0. The topological polar surface area (TPSA) is 80.9 Å². The average molecular weight is 353 g/mol. The molecule has 0 saturated heterocycles. The van der Waals surface area contributed by atoms with Gasteiger partial charge in [-0.15, -0.1) is 4.98 Å². The summed E-state index contributed by atoms with van der Waals surface area (Å²) in [4.78, 5) is 12.9. The largest absolute Gasteiger partial charge is 0.467 e. The first-order valence-corrected chi connectivity index (χ1v) is 6.99. The molecule has 0 N–H and O–H groups in total. The first-order chi connectivity index (χ1) is 9.67. The second-order valence-electron chi connectivity index (χ2n) is 3.42. The highest BCUT2D eigenvalue weighted by atomic mass is 79.9. The number of nitriles is 1. The molecule has 6 nitrogen and oxygen atoms in total. The molecule has 8 heteroatoms. The molecule has 0 spiro atoms. The van der Waals surface area contributed by atoms with E-state index in [2.05, 4.69) is 37.0 Å². The maximum Gasteiger partial charge on any atom is 0.323 e. The molecule has 0 fully saturated rings. The van der Waals surface area contributed by atoms with Crippen LogP contribution in [0, 0.1) is 11.3 Å². The van der Waals surface area contributed by atoms with E-state index in [1.807, 2.05) is 12.1 Å². The molecule has 1 aromatic heterocycles. The standard InChI is InChI=1S/C12H9BrN4O2S/c1-18-10-15-11(19-2)17-12(16-10)20-9-5-3-4-8(13)7(9)6-14/h3-5H,1-2H3. The van der Waals surface area contributed by atoms with Crippen LogP contribution >= 0.6 is 27.7 Å². The lowest BCUT2D eigenvalue weighted by Crippen LogP contribution is -2.00. The van der Waals surface area contributed by atoms with Crippen molar-refractivity contribution in [1.29, 1.82) is 5.26 Å². The third-order valence-electron chi connectivity index (χ3n) is 2.23. The zero-order valence-electron chi connectivity index (χ0n) is 10.6. The smallest absolute Gasteiger partial charge is 0.323 e. The molecule has 0 amide bonds. The fourth-order valence-electron chi connectivity index (χ4n) is 1.34. The van der Waals surface area contributed by atoms with Crippen LogP contribution in [0.25, 0.3) is 0 Å². The maximum atomic E-state index is 9.18. The molecule has 2 aromatic rings. The fraction of sp³-hybridized carbons (Fsp3) is 0.167. The molecule has 0 aliphatic rings. The summed E-state index contributed by atoms with van der Waals surface area (Å²) in [6, 6.07) is 7.92. The summed E-state index contributed by atoms with van der Waals surface area (Å²) in [6.45, 7) is 0.